The van der Waals surface area contributed by atoms with Gasteiger partial charge in [0.05, 0.1) is 13.2 Å². The van der Waals surface area contributed by atoms with Gasteiger partial charge in [0.2, 0.25) is 0 Å². The average Bonchev–Trinajstić information content (AvgIpc) is 2.11. The van der Waals surface area contributed by atoms with E-state index in [1.165, 1.54) is 0 Å². The van der Waals surface area contributed by atoms with Crippen LogP contribution in [0.4, 0.5) is 0 Å². The summed E-state index contributed by atoms with van der Waals surface area (Å²) < 4.78 is 12.1. The Hall–Kier alpha value is 0.400. The fourth-order valence-electron chi connectivity index (χ4n) is 2.26. The monoisotopic (exact) mass is 292 g/mol. The molecule has 0 radical (unpaired) electrons. The fraction of sp³-hybridized carbons (Fsp3) is 1.00. The van der Waals surface area contributed by atoms with E-state index in [0.29, 0.717) is 12.0 Å². The van der Waals surface area contributed by atoms with Crippen LogP contribution in [0.2, 0.25) is 0 Å². The predicted molar refractivity (Wildman–Crippen MR) is 70.9 cm³/mol. The fourth-order valence-corrected chi connectivity index (χ4v) is 2.42. The number of rotatable bonds is 3. The van der Waals surface area contributed by atoms with E-state index < -0.39 is 5.79 Å². The van der Waals surface area contributed by atoms with Crippen molar-refractivity contribution in [3.05, 3.63) is 0 Å². The van der Waals surface area contributed by atoms with Gasteiger partial charge in [0.25, 0.3) is 0 Å². The zero-order valence-electron chi connectivity index (χ0n) is 11.2. The zero-order chi connectivity index (χ0) is 12.4. The highest BCUT2D eigenvalue weighted by Crippen LogP contribution is 2.47. The van der Waals surface area contributed by atoms with Crippen LogP contribution in [0.25, 0.3) is 0 Å². The Balaban J connectivity index is 2.86. The molecule has 0 aromatic rings. The molecule has 1 unspecified atom stereocenters. The smallest absolute Gasteiger partial charge is 0.173 e. The molecule has 2 nitrogen and oxygen atoms in total. The third-order valence-corrected chi connectivity index (χ3v) is 3.70. The molecule has 1 rings (SSSR count). The van der Waals surface area contributed by atoms with Crippen LogP contribution in [-0.4, -0.2) is 24.3 Å². The number of ether oxygens (including phenoxy) is 2. The molecule has 1 aliphatic heterocycles. The molecule has 3 heteroatoms. The maximum atomic E-state index is 6.05. The van der Waals surface area contributed by atoms with Crippen LogP contribution in [0.3, 0.4) is 0 Å². The van der Waals surface area contributed by atoms with Crippen molar-refractivity contribution in [1.82, 2.24) is 0 Å². The van der Waals surface area contributed by atoms with E-state index in [2.05, 4.69) is 50.5 Å². The lowest BCUT2D eigenvalue weighted by Crippen LogP contribution is -2.54. The molecule has 0 bridgehead atoms. The van der Waals surface area contributed by atoms with Gasteiger partial charge in [-0.25, -0.2) is 0 Å². The summed E-state index contributed by atoms with van der Waals surface area (Å²) >= 11 is 3.42. The number of halogens is 1. The average molecular weight is 293 g/mol. The van der Waals surface area contributed by atoms with E-state index in [0.717, 1.165) is 24.8 Å². The van der Waals surface area contributed by atoms with Crippen LogP contribution in [-0.2, 0) is 9.47 Å². The van der Waals surface area contributed by atoms with Crippen molar-refractivity contribution in [2.75, 3.05) is 18.5 Å². The number of hydrogen-bond donors (Lipinski definition) is 0. The summed E-state index contributed by atoms with van der Waals surface area (Å²) in [4.78, 5) is 0. The van der Waals surface area contributed by atoms with Crippen LogP contribution in [0.1, 0.15) is 47.5 Å². The van der Waals surface area contributed by atoms with Gasteiger partial charge in [0, 0.05) is 17.2 Å². The summed E-state index contributed by atoms with van der Waals surface area (Å²) in [7, 11) is 0. The van der Waals surface area contributed by atoms with Gasteiger partial charge < -0.3 is 9.47 Å². The van der Waals surface area contributed by atoms with Gasteiger partial charge >= 0.3 is 0 Å². The second-order valence-electron chi connectivity index (χ2n) is 6.48. The lowest BCUT2D eigenvalue weighted by molar-refractivity contribution is -0.319. The predicted octanol–water partition coefficient (Wildman–Crippen LogP) is 3.98. The van der Waals surface area contributed by atoms with Gasteiger partial charge in [-0.2, -0.15) is 0 Å². The first-order chi connectivity index (χ1) is 7.22. The van der Waals surface area contributed by atoms with Gasteiger partial charge in [-0.15, -0.1) is 0 Å². The molecule has 0 aliphatic carbocycles. The molecular formula is C13H25BrO2. The Morgan fingerprint density at radius 1 is 1.31 bits per heavy atom. The molecule has 0 aromatic carbocycles. The van der Waals surface area contributed by atoms with E-state index >= 15 is 0 Å². The first-order valence-electron chi connectivity index (χ1n) is 6.06. The Bertz CT molecular complexity index is 233. The normalized spacial score (nSPS) is 30.4. The molecule has 1 saturated heterocycles. The molecule has 16 heavy (non-hydrogen) atoms. The lowest BCUT2D eigenvalue weighted by Gasteiger charge is -2.51. The summed E-state index contributed by atoms with van der Waals surface area (Å²) in [6.45, 7) is 12.7. The number of hydrogen-bond acceptors (Lipinski definition) is 2. The summed E-state index contributed by atoms with van der Waals surface area (Å²) in [5.41, 5.74) is 0.310. The van der Waals surface area contributed by atoms with Crippen LogP contribution >= 0.6 is 15.9 Å². The summed E-state index contributed by atoms with van der Waals surface area (Å²) in [6.07, 6.45) is 2.08. The van der Waals surface area contributed by atoms with Gasteiger partial charge in [-0.05, 0) is 11.8 Å². The number of alkyl halides is 1. The maximum Gasteiger partial charge on any atom is 0.173 e. The summed E-state index contributed by atoms with van der Waals surface area (Å²) in [6, 6.07) is 0. The molecule has 1 aliphatic rings. The third kappa shape index (κ3) is 3.21. The van der Waals surface area contributed by atoms with Gasteiger partial charge in [-0.1, -0.05) is 50.5 Å². The Morgan fingerprint density at radius 2 is 1.94 bits per heavy atom. The van der Waals surface area contributed by atoms with Gasteiger partial charge in [-0.3, -0.25) is 0 Å². The van der Waals surface area contributed by atoms with E-state index in [1.807, 2.05) is 0 Å². The Kier molecular flexibility index (Phi) is 4.47. The minimum atomic E-state index is -0.428. The topological polar surface area (TPSA) is 18.5 Å². The second-order valence-corrected chi connectivity index (χ2v) is 7.27. The van der Waals surface area contributed by atoms with E-state index in [-0.39, 0.29) is 5.41 Å². The highest BCUT2D eigenvalue weighted by molar-refractivity contribution is 9.09. The highest BCUT2D eigenvalue weighted by Gasteiger charge is 2.50. The standard InChI is InChI=1S/C13H25BrO2/c1-11(2,3)13(16-9-7-14)10-12(4,5)6-8-15-13/h6-10H2,1-5H3. The SMILES string of the molecule is CC1(C)CCOC(OCCBr)(C(C)(C)C)C1. The van der Waals surface area contributed by atoms with E-state index in [9.17, 15) is 0 Å². The van der Waals surface area contributed by atoms with Crippen LogP contribution in [0.15, 0.2) is 0 Å². The maximum absolute atomic E-state index is 6.05. The minimum Gasteiger partial charge on any atom is -0.349 e. The van der Waals surface area contributed by atoms with Crippen molar-refractivity contribution in [2.24, 2.45) is 10.8 Å². The largest absolute Gasteiger partial charge is 0.349 e. The highest BCUT2D eigenvalue weighted by atomic mass is 79.9. The van der Waals surface area contributed by atoms with Crippen molar-refractivity contribution in [3.8, 4) is 0 Å². The molecule has 0 amide bonds. The molecule has 1 atom stereocenters. The Labute approximate surface area is 108 Å². The summed E-state index contributed by atoms with van der Waals surface area (Å²) in [5.74, 6) is -0.428. The molecule has 1 fully saturated rings. The van der Waals surface area contributed by atoms with E-state index in [1.54, 1.807) is 0 Å². The quantitative estimate of drug-likeness (QED) is 0.733. The molecule has 96 valence electrons. The third-order valence-electron chi connectivity index (χ3n) is 3.38. The molecule has 0 spiro atoms. The summed E-state index contributed by atoms with van der Waals surface area (Å²) in [5, 5.41) is 0.856. The molecule has 0 aromatic heterocycles. The van der Waals surface area contributed by atoms with Gasteiger partial charge in [0.1, 0.15) is 0 Å². The van der Waals surface area contributed by atoms with E-state index in [4.69, 9.17) is 9.47 Å². The Morgan fingerprint density at radius 3 is 2.38 bits per heavy atom. The van der Waals surface area contributed by atoms with Crippen molar-refractivity contribution in [3.63, 3.8) is 0 Å². The second kappa shape index (κ2) is 4.95. The zero-order valence-corrected chi connectivity index (χ0v) is 12.8. The minimum absolute atomic E-state index is 0.00681. The van der Waals surface area contributed by atoms with Crippen molar-refractivity contribution in [2.45, 2.75) is 53.2 Å². The van der Waals surface area contributed by atoms with Crippen molar-refractivity contribution in [1.29, 1.82) is 0 Å². The van der Waals surface area contributed by atoms with Crippen LogP contribution in [0.5, 0.6) is 0 Å². The molecular weight excluding hydrogens is 268 g/mol. The molecule has 1 heterocycles. The van der Waals surface area contributed by atoms with Crippen molar-refractivity contribution >= 4 is 15.9 Å². The molecule has 0 N–H and O–H groups in total. The first kappa shape index (κ1) is 14.5. The van der Waals surface area contributed by atoms with Gasteiger partial charge in [0.15, 0.2) is 5.79 Å². The molecule has 0 saturated carbocycles. The van der Waals surface area contributed by atoms with Crippen LogP contribution in [0, 0.1) is 10.8 Å². The van der Waals surface area contributed by atoms with Crippen LogP contribution < -0.4 is 0 Å². The lowest BCUT2D eigenvalue weighted by atomic mass is 9.71. The first-order valence-corrected chi connectivity index (χ1v) is 7.18. The van der Waals surface area contributed by atoms with Crippen molar-refractivity contribution < 1.29 is 9.47 Å².